The summed E-state index contributed by atoms with van der Waals surface area (Å²) < 4.78 is 2.17. The van der Waals surface area contributed by atoms with E-state index in [1.807, 2.05) is 0 Å². The Kier molecular flexibility index (Phi) is 2.84. The van der Waals surface area contributed by atoms with Gasteiger partial charge in [0.15, 0.2) is 0 Å². The molecule has 1 aromatic heterocycles. The van der Waals surface area contributed by atoms with Gasteiger partial charge in [0.2, 0.25) is 0 Å². The van der Waals surface area contributed by atoms with E-state index in [0.29, 0.717) is 6.54 Å². The van der Waals surface area contributed by atoms with Gasteiger partial charge in [-0.1, -0.05) is 17.7 Å². The highest BCUT2D eigenvalue weighted by molar-refractivity contribution is 5.65. The summed E-state index contributed by atoms with van der Waals surface area (Å²) in [5, 5.41) is 0. The van der Waals surface area contributed by atoms with E-state index in [1.54, 1.807) is 0 Å². The van der Waals surface area contributed by atoms with E-state index in [0.717, 1.165) is 5.69 Å². The van der Waals surface area contributed by atoms with Crippen molar-refractivity contribution in [1.29, 1.82) is 0 Å². The second-order valence-electron chi connectivity index (χ2n) is 4.29. The van der Waals surface area contributed by atoms with Crippen molar-refractivity contribution in [2.45, 2.75) is 20.4 Å². The molecule has 0 saturated carbocycles. The number of benzene rings is 1. The molecular weight excluding hydrogens is 196 g/mol. The lowest BCUT2D eigenvalue weighted by atomic mass is 10.0. The molecule has 0 aliphatic rings. The number of nitrogens with two attached hydrogens (primary N) is 1. The van der Waals surface area contributed by atoms with E-state index in [9.17, 15) is 0 Å². The van der Waals surface area contributed by atoms with Gasteiger partial charge < -0.3 is 10.3 Å². The van der Waals surface area contributed by atoms with Gasteiger partial charge >= 0.3 is 0 Å². The number of aryl methyl sites for hydroxylation is 2. The lowest BCUT2D eigenvalue weighted by Crippen LogP contribution is -2.04. The molecule has 0 spiro atoms. The van der Waals surface area contributed by atoms with Crippen LogP contribution in [-0.2, 0) is 13.6 Å². The molecule has 1 heterocycles. The summed E-state index contributed by atoms with van der Waals surface area (Å²) in [6.45, 7) is 4.85. The molecule has 0 bridgehead atoms. The average molecular weight is 214 g/mol. The van der Waals surface area contributed by atoms with Gasteiger partial charge in [-0.2, -0.15) is 0 Å². The van der Waals surface area contributed by atoms with Crippen LogP contribution in [-0.4, -0.2) is 4.57 Å². The van der Waals surface area contributed by atoms with Crippen LogP contribution in [0.1, 0.15) is 16.8 Å². The summed E-state index contributed by atoms with van der Waals surface area (Å²) in [4.78, 5) is 0. The third kappa shape index (κ3) is 1.76. The fraction of sp³-hybridized carbons (Fsp3) is 0.286. The highest BCUT2D eigenvalue weighted by Crippen LogP contribution is 2.25. The van der Waals surface area contributed by atoms with Crippen molar-refractivity contribution in [3.8, 4) is 11.3 Å². The lowest BCUT2D eigenvalue weighted by molar-refractivity contribution is 0.830. The molecule has 2 aromatic rings. The molecule has 0 fully saturated rings. The van der Waals surface area contributed by atoms with Gasteiger partial charge in [-0.15, -0.1) is 0 Å². The van der Waals surface area contributed by atoms with Gasteiger partial charge in [0, 0.05) is 30.5 Å². The molecule has 0 aliphatic carbocycles. The molecule has 0 atom stereocenters. The Morgan fingerprint density at radius 3 is 2.50 bits per heavy atom. The van der Waals surface area contributed by atoms with Crippen LogP contribution in [0.5, 0.6) is 0 Å². The van der Waals surface area contributed by atoms with E-state index >= 15 is 0 Å². The fourth-order valence-corrected chi connectivity index (χ4v) is 2.04. The summed E-state index contributed by atoms with van der Waals surface area (Å²) in [6.07, 6.45) is 0. The Bertz CT molecular complexity index is 509. The topological polar surface area (TPSA) is 30.9 Å². The first-order valence-corrected chi connectivity index (χ1v) is 5.55. The highest BCUT2D eigenvalue weighted by atomic mass is 15.0. The Balaban J connectivity index is 2.58. The summed E-state index contributed by atoms with van der Waals surface area (Å²) in [7, 11) is 2.07. The van der Waals surface area contributed by atoms with Crippen LogP contribution in [0.4, 0.5) is 0 Å². The minimum Gasteiger partial charge on any atom is -0.346 e. The summed E-state index contributed by atoms with van der Waals surface area (Å²) >= 11 is 0. The van der Waals surface area contributed by atoms with Crippen molar-refractivity contribution in [2.24, 2.45) is 12.8 Å². The molecule has 0 aliphatic heterocycles. The normalized spacial score (nSPS) is 10.8. The molecule has 0 amide bonds. The average Bonchev–Trinajstić information content (AvgIpc) is 2.63. The van der Waals surface area contributed by atoms with Crippen LogP contribution in [0.25, 0.3) is 11.3 Å². The van der Waals surface area contributed by atoms with Crippen LogP contribution < -0.4 is 5.73 Å². The first-order chi connectivity index (χ1) is 7.63. The number of hydrogen-bond acceptors (Lipinski definition) is 1. The molecule has 0 radical (unpaired) electrons. The summed E-state index contributed by atoms with van der Waals surface area (Å²) in [5.74, 6) is 0. The van der Waals surface area contributed by atoms with Crippen LogP contribution in [0.15, 0.2) is 30.3 Å². The Labute approximate surface area is 96.7 Å². The number of rotatable bonds is 2. The van der Waals surface area contributed by atoms with Crippen LogP contribution in [0.2, 0.25) is 0 Å². The number of nitrogens with zero attached hydrogens (tertiary/aromatic N) is 1. The van der Waals surface area contributed by atoms with Crippen LogP contribution in [0.3, 0.4) is 0 Å². The predicted molar refractivity (Wildman–Crippen MR) is 68.2 cm³/mol. The third-order valence-electron chi connectivity index (χ3n) is 3.10. The smallest absolute Gasteiger partial charge is 0.0483 e. The zero-order valence-electron chi connectivity index (χ0n) is 10.1. The highest BCUT2D eigenvalue weighted by Gasteiger charge is 2.08. The maximum absolute atomic E-state index is 5.69. The Morgan fingerprint density at radius 2 is 1.88 bits per heavy atom. The van der Waals surface area contributed by atoms with E-state index in [1.165, 1.54) is 22.4 Å². The largest absolute Gasteiger partial charge is 0.346 e. The van der Waals surface area contributed by atoms with E-state index < -0.39 is 0 Å². The van der Waals surface area contributed by atoms with E-state index in [2.05, 4.69) is 55.8 Å². The molecule has 2 heteroatoms. The lowest BCUT2D eigenvalue weighted by Gasteiger charge is -2.10. The molecule has 1 aromatic carbocycles. The monoisotopic (exact) mass is 214 g/mol. The molecule has 2 N–H and O–H groups in total. The van der Waals surface area contributed by atoms with E-state index in [-0.39, 0.29) is 0 Å². The molecule has 84 valence electrons. The summed E-state index contributed by atoms with van der Waals surface area (Å²) in [5.41, 5.74) is 12.0. The van der Waals surface area contributed by atoms with Gasteiger partial charge in [0.25, 0.3) is 0 Å². The first-order valence-electron chi connectivity index (χ1n) is 5.55. The van der Waals surface area contributed by atoms with Crippen LogP contribution >= 0.6 is 0 Å². The van der Waals surface area contributed by atoms with Crippen LogP contribution in [0, 0.1) is 13.8 Å². The minimum absolute atomic E-state index is 0.585. The second-order valence-corrected chi connectivity index (χ2v) is 4.29. The predicted octanol–water partition coefficient (Wildman–Crippen LogP) is 2.77. The molecule has 2 nitrogen and oxygen atoms in total. The summed E-state index contributed by atoms with van der Waals surface area (Å²) in [6, 6.07) is 10.8. The zero-order valence-corrected chi connectivity index (χ0v) is 10.1. The van der Waals surface area contributed by atoms with Gasteiger partial charge in [0.1, 0.15) is 0 Å². The quantitative estimate of drug-likeness (QED) is 0.818. The van der Waals surface area contributed by atoms with Gasteiger partial charge in [-0.05, 0) is 37.6 Å². The SMILES string of the molecule is Cc1ccc(C)c(-c2ccc(CN)n2C)c1. The van der Waals surface area contributed by atoms with Crippen molar-refractivity contribution in [1.82, 2.24) is 4.57 Å². The minimum atomic E-state index is 0.585. The molecular formula is C14H18N2. The number of hydrogen-bond donors (Lipinski definition) is 1. The zero-order chi connectivity index (χ0) is 11.7. The molecule has 0 unspecified atom stereocenters. The Hall–Kier alpha value is -1.54. The van der Waals surface area contributed by atoms with Gasteiger partial charge in [-0.25, -0.2) is 0 Å². The standard InChI is InChI=1S/C14H18N2/c1-10-4-5-11(2)13(8-10)14-7-6-12(9-15)16(14)3/h4-8H,9,15H2,1-3H3. The fourth-order valence-electron chi connectivity index (χ4n) is 2.04. The van der Waals surface area contributed by atoms with E-state index in [4.69, 9.17) is 5.73 Å². The van der Waals surface area contributed by atoms with Crippen molar-refractivity contribution in [3.63, 3.8) is 0 Å². The van der Waals surface area contributed by atoms with Crippen molar-refractivity contribution in [3.05, 3.63) is 47.2 Å². The van der Waals surface area contributed by atoms with Crippen molar-refractivity contribution >= 4 is 0 Å². The third-order valence-corrected chi connectivity index (χ3v) is 3.10. The Morgan fingerprint density at radius 1 is 1.12 bits per heavy atom. The maximum Gasteiger partial charge on any atom is 0.0483 e. The van der Waals surface area contributed by atoms with Gasteiger partial charge in [-0.3, -0.25) is 0 Å². The van der Waals surface area contributed by atoms with Gasteiger partial charge in [0.05, 0.1) is 0 Å². The number of aromatic nitrogens is 1. The molecule has 0 saturated heterocycles. The second kappa shape index (κ2) is 4.14. The van der Waals surface area contributed by atoms with Crippen molar-refractivity contribution < 1.29 is 0 Å². The first kappa shape index (κ1) is 11.0. The van der Waals surface area contributed by atoms with Crippen molar-refractivity contribution in [2.75, 3.05) is 0 Å². The maximum atomic E-state index is 5.69. The molecule has 2 rings (SSSR count). The molecule has 16 heavy (non-hydrogen) atoms.